The van der Waals surface area contributed by atoms with Crippen molar-refractivity contribution in [2.24, 2.45) is 0 Å². The van der Waals surface area contributed by atoms with Crippen molar-refractivity contribution in [3.8, 4) is 0 Å². The molecule has 88 valence electrons. The van der Waals surface area contributed by atoms with Gasteiger partial charge in [-0.2, -0.15) is 0 Å². The van der Waals surface area contributed by atoms with Crippen LogP contribution in [0.15, 0.2) is 18.2 Å². The van der Waals surface area contributed by atoms with E-state index in [2.05, 4.69) is 27.9 Å². The van der Waals surface area contributed by atoms with Crippen LogP contribution in [0.5, 0.6) is 0 Å². The largest absolute Gasteiger partial charge is 0.393 e. The van der Waals surface area contributed by atoms with Gasteiger partial charge in [-0.05, 0) is 54.1 Å². The Labute approximate surface area is 113 Å². The summed E-state index contributed by atoms with van der Waals surface area (Å²) in [7, 11) is 0. The summed E-state index contributed by atoms with van der Waals surface area (Å²) in [5.41, 5.74) is 0.538. The standard InChI is InChI=1S/C11H13ClINO2/c1-7(15)4-5-14-11(16)8-2-3-10(13)9(12)6-8/h2-3,6-7,15H,4-5H2,1H3,(H,14,16). The highest BCUT2D eigenvalue weighted by Gasteiger charge is 2.07. The minimum Gasteiger partial charge on any atom is -0.393 e. The normalized spacial score (nSPS) is 12.2. The molecule has 0 radical (unpaired) electrons. The zero-order valence-electron chi connectivity index (χ0n) is 8.84. The van der Waals surface area contributed by atoms with Crippen LogP contribution in [-0.2, 0) is 0 Å². The van der Waals surface area contributed by atoms with Crippen molar-refractivity contribution in [2.45, 2.75) is 19.4 Å². The van der Waals surface area contributed by atoms with Crippen LogP contribution in [-0.4, -0.2) is 23.7 Å². The number of carbonyl (C=O) groups excluding carboxylic acids is 1. The Balaban J connectivity index is 2.56. The summed E-state index contributed by atoms with van der Waals surface area (Å²) in [5.74, 6) is -0.168. The van der Waals surface area contributed by atoms with Crippen LogP contribution in [0.25, 0.3) is 0 Å². The van der Waals surface area contributed by atoms with Crippen molar-refractivity contribution in [1.29, 1.82) is 0 Å². The summed E-state index contributed by atoms with van der Waals surface area (Å²) in [6.45, 7) is 2.15. The highest BCUT2D eigenvalue weighted by molar-refractivity contribution is 14.1. The van der Waals surface area contributed by atoms with Gasteiger partial charge in [0.05, 0.1) is 11.1 Å². The Morgan fingerprint density at radius 3 is 2.88 bits per heavy atom. The van der Waals surface area contributed by atoms with Gasteiger partial charge in [-0.1, -0.05) is 11.6 Å². The molecule has 0 heterocycles. The van der Waals surface area contributed by atoms with Gasteiger partial charge in [0.25, 0.3) is 5.91 Å². The van der Waals surface area contributed by atoms with Gasteiger partial charge in [0, 0.05) is 15.7 Å². The molecule has 0 saturated carbocycles. The molecule has 1 amide bonds. The number of benzene rings is 1. The Morgan fingerprint density at radius 2 is 2.31 bits per heavy atom. The molecule has 0 bridgehead atoms. The molecule has 16 heavy (non-hydrogen) atoms. The molecule has 0 aliphatic carbocycles. The van der Waals surface area contributed by atoms with E-state index in [1.807, 2.05) is 0 Å². The third kappa shape index (κ3) is 4.27. The van der Waals surface area contributed by atoms with Gasteiger partial charge in [0.2, 0.25) is 0 Å². The van der Waals surface area contributed by atoms with E-state index >= 15 is 0 Å². The molecule has 0 aliphatic rings. The number of rotatable bonds is 4. The van der Waals surface area contributed by atoms with Crippen LogP contribution in [0.4, 0.5) is 0 Å². The first kappa shape index (κ1) is 13.7. The van der Waals surface area contributed by atoms with E-state index in [0.29, 0.717) is 23.6 Å². The fourth-order valence-electron chi connectivity index (χ4n) is 1.13. The van der Waals surface area contributed by atoms with Crippen LogP contribution in [0.2, 0.25) is 5.02 Å². The molecule has 1 atom stereocenters. The first-order valence-electron chi connectivity index (χ1n) is 4.92. The zero-order valence-corrected chi connectivity index (χ0v) is 11.7. The molecule has 0 fully saturated rings. The molecule has 0 aliphatic heterocycles. The van der Waals surface area contributed by atoms with Gasteiger partial charge in [-0.15, -0.1) is 0 Å². The summed E-state index contributed by atoms with van der Waals surface area (Å²) < 4.78 is 0.916. The van der Waals surface area contributed by atoms with Gasteiger partial charge >= 0.3 is 0 Å². The third-order valence-corrected chi connectivity index (χ3v) is 3.60. The second-order valence-corrected chi connectivity index (χ2v) is 5.09. The lowest BCUT2D eigenvalue weighted by molar-refractivity contribution is 0.0945. The van der Waals surface area contributed by atoms with Crippen molar-refractivity contribution < 1.29 is 9.90 Å². The highest BCUT2D eigenvalue weighted by atomic mass is 127. The topological polar surface area (TPSA) is 49.3 Å². The van der Waals surface area contributed by atoms with E-state index in [-0.39, 0.29) is 5.91 Å². The van der Waals surface area contributed by atoms with E-state index in [0.717, 1.165) is 3.57 Å². The second-order valence-electron chi connectivity index (χ2n) is 3.52. The van der Waals surface area contributed by atoms with Gasteiger partial charge < -0.3 is 10.4 Å². The third-order valence-electron chi connectivity index (χ3n) is 2.03. The zero-order chi connectivity index (χ0) is 12.1. The van der Waals surface area contributed by atoms with Crippen molar-refractivity contribution in [3.63, 3.8) is 0 Å². The van der Waals surface area contributed by atoms with Crippen LogP contribution >= 0.6 is 34.2 Å². The number of carbonyl (C=O) groups is 1. The number of aliphatic hydroxyl groups is 1. The average molecular weight is 354 g/mol. The Morgan fingerprint density at radius 1 is 1.62 bits per heavy atom. The van der Waals surface area contributed by atoms with Crippen LogP contribution < -0.4 is 5.32 Å². The molecular weight excluding hydrogens is 340 g/mol. The Bertz CT molecular complexity index is 382. The van der Waals surface area contributed by atoms with Crippen molar-refractivity contribution in [3.05, 3.63) is 32.4 Å². The summed E-state index contributed by atoms with van der Waals surface area (Å²) in [4.78, 5) is 11.6. The predicted octanol–water partition coefficient (Wildman–Crippen LogP) is 2.45. The van der Waals surface area contributed by atoms with Gasteiger partial charge in [0.15, 0.2) is 0 Å². The van der Waals surface area contributed by atoms with E-state index in [4.69, 9.17) is 16.7 Å². The number of aliphatic hydroxyl groups excluding tert-OH is 1. The quantitative estimate of drug-likeness (QED) is 0.817. The lowest BCUT2D eigenvalue weighted by Gasteiger charge is -2.07. The lowest BCUT2D eigenvalue weighted by Crippen LogP contribution is -2.26. The number of hydrogen-bond acceptors (Lipinski definition) is 2. The van der Waals surface area contributed by atoms with Crippen molar-refractivity contribution in [2.75, 3.05) is 6.54 Å². The predicted molar refractivity (Wildman–Crippen MR) is 72.8 cm³/mol. The number of nitrogens with one attached hydrogen (secondary N) is 1. The molecular formula is C11H13ClINO2. The summed E-state index contributed by atoms with van der Waals surface area (Å²) in [6, 6.07) is 5.17. The molecule has 2 N–H and O–H groups in total. The molecule has 1 unspecified atom stereocenters. The highest BCUT2D eigenvalue weighted by Crippen LogP contribution is 2.19. The minimum absolute atomic E-state index is 0.168. The van der Waals surface area contributed by atoms with E-state index in [1.165, 1.54) is 0 Å². The molecule has 3 nitrogen and oxygen atoms in total. The maximum atomic E-state index is 11.6. The molecule has 1 rings (SSSR count). The maximum absolute atomic E-state index is 11.6. The average Bonchev–Trinajstić information content (AvgIpc) is 2.21. The SMILES string of the molecule is CC(O)CCNC(=O)c1ccc(I)c(Cl)c1. The van der Waals surface area contributed by atoms with Crippen molar-refractivity contribution >= 4 is 40.1 Å². The molecule has 1 aromatic rings. The fraction of sp³-hybridized carbons (Fsp3) is 0.364. The van der Waals surface area contributed by atoms with Crippen LogP contribution in [0, 0.1) is 3.57 Å². The van der Waals surface area contributed by atoms with Gasteiger partial charge in [-0.3, -0.25) is 4.79 Å². The van der Waals surface area contributed by atoms with Gasteiger partial charge in [0.1, 0.15) is 0 Å². The monoisotopic (exact) mass is 353 g/mol. The Hall–Kier alpha value is -0.330. The maximum Gasteiger partial charge on any atom is 0.251 e. The molecule has 0 aromatic heterocycles. The molecule has 5 heteroatoms. The van der Waals surface area contributed by atoms with E-state index in [1.54, 1.807) is 25.1 Å². The first-order valence-corrected chi connectivity index (χ1v) is 6.37. The smallest absolute Gasteiger partial charge is 0.251 e. The van der Waals surface area contributed by atoms with Crippen molar-refractivity contribution in [1.82, 2.24) is 5.32 Å². The summed E-state index contributed by atoms with van der Waals surface area (Å²) >= 11 is 8.02. The summed E-state index contributed by atoms with van der Waals surface area (Å²) in [6.07, 6.45) is 0.143. The van der Waals surface area contributed by atoms with E-state index < -0.39 is 6.10 Å². The number of amides is 1. The molecule has 1 aromatic carbocycles. The van der Waals surface area contributed by atoms with Crippen LogP contribution in [0.1, 0.15) is 23.7 Å². The number of halogens is 2. The van der Waals surface area contributed by atoms with E-state index in [9.17, 15) is 4.79 Å². The molecule has 0 spiro atoms. The molecule has 0 saturated heterocycles. The minimum atomic E-state index is -0.402. The first-order chi connectivity index (χ1) is 7.50. The Kier molecular flexibility index (Phi) is 5.51. The fourth-order valence-corrected chi connectivity index (χ4v) is 1.65. The van der Waals surface area contributed by atoms with Gasteiger partial charge in [-0.25, -0.2) is 0 Å². The number of hydrogen-bond donors (Lipinski definition) is 2. The summed E-state index contributed by atoms with van der Waals surface area (Å²) in [5, 5.41) is 12.3. The van der Waals surface area contributed by atoms with Crippen LogP contribution in [0.3, 0.4) is 0 Å². The lowest BCUT2D eigenvalue weighted by atomic mass is 10.2. The second kappa shape index (κ2) is 6.42.